The Balaban J connectivity index is 2.59. The van der Waals surface area contributed by atoms with Gasteiger partial charge in [-0.1, -0.05) is 11.6 Å². The number of hydrogen-bond donors (Lipinski definition) is 1. The molecular weight excluding hydrogens is 320 g/mol. The van der Waals surface area contributed by atoms with Crippen LogP contribution in [0.4, 0.5) is 34.8 Å². The first kappa shape index (κ1) is 14.9. The lowest BCUT2D eigenvalue weighted by atomic mass is 10.2. The quantitative estimate of drug-likeness (QED) is 0.308. The highest BCUT2D eigenvalue weighted by molar-refractivity contribution is 6.31. The number of anilines is 2. The van der Waals surface area contributed by atoms with Gasteiger partial charge in [0, 0.05) is 6.07 Å². The van der Waals surface area contributed by atoms with Gasteiger partial charge in [0.1, 0.15) is 12.0 Å². The fourth-order valence-electron chi connectivity index (χ4n) is 1.41. The van der Waals surface area contributed by atoms with Crippen LogP contribution >= 0.6 is 11.6 Å². The molecule has 6 nitrogen and oxygen atoms in total. The van der Waals surface area contributed by atoms with Crippen LogP contribution in [0.25, 0.3) is 0 Å². The summed E-state index contributed by atoms with van der Waals surface area (Å²) in [5.41, 5.74) is -2.17. The van der Waals surface area contributed by atoms with Crippen molar-refractivity contribution in [1.82, 2.24) is 9.97 Å². The summed E-state index contributed by atoms with van der Waals surface area (Å²) in [5.74, 6) is -7.61. The zero-order valence-corrected chi connectivity index (χ0v) is 10.5. The zero-order chi connectivity index (χ0) is 15.7. The zero-order valence-electron chi connectivity index (χ0n) is 9.70. The smallest absolute Gasteiger partial charge is 0.329 e. The van der Waals surface area contributed by atoms with Gasteiger partial charge in [0.15, 0.2) is 23.3 Å². The lowest BCUT2D eigenvalue weighted by Gasteiger charge is -2.09. The molecule has 2 rings (SSSR count). The largest absolute Gasteiger partial charge is 0.348 e. The Kier molecular flexibility index (Phi) is 3.89. The number of rotatable bonds is 3. The van der Waals surface area contributed by atoms with Gasteiger partial charge in [0.25, 0.3) is 0 Å². The van der Waals surface area contributed by atoms with Crippen LogP contribution in [0.1, 0.15) is 0 Å². The van der Waals surface area contributed by atoms with Crippen LogP contribution in [0.3, 0.4) is 0 Å². The summed E-state index contributed by atoms with van der Waals surface area (Å²) in [6, 6.07) is -0.00276. The van der Waals surface area contributed by atoms with Crippen LogP contribution in [-0.4, -0.2) is 14.9 Å². The molecule has 0 saturated carbocycles. The van der Waals surface area contributed by atoms with Crippen molar-refractivity contribution in [3.8, 4) is 0 Å². The van der Waals surface area contributed by atoms with E-state index in [0.717, 1.165) is 6.33 Å². The van der Waals surface area contributed by atoms with E-state index in [0.29, 0.717) is 0 Å². The second kappa shape index (κ2) is 5.48. The first-order chi connectivity index (χ1) is 9.82. The second-order valence-electron chi connectivity index (χ2n) is 3.59. The first-order valence-electron chi connectivity index (χ1n) is 5.07. The maximum Gasteiger partial charge on any atom is 0.348 e. The summed E-state index contributed by atoms with van der Waals surface area (Å²) in [7, 11) is 0. The van der Waals surface area contributed by atoms with Gasteiger partial charge in [-0.2, -0.15) is 0 Å². The Hall–Kier alpha value is -2.49. The Bertz CT molecular complexity index is 717. The molecule has 1 aromatic carbocycles. The molecule has 0 fully saturated rings. The molecule has 0 radical (unpaired) electrons. The molecule has 1 N–H and O–H groups in total. The average Bonchev–Trinajstić information content (AvgIpc) is 2.41. The van der Waals surface area contributed by atoms with Crippen molar-refractivity contribution in [3.05, 3.63) is 50.9 Å². The van der Waals surface area contributed by atoms with Crippen LogP contribution in [-0.2, 0) is 0 Å². The lowest BCUT2D eigenvalue weighted by molar-refractivity contribution is -0.384. The Labute approximate surface area is 118 Å². The lowest BCUT2D eigenvalue weighted by Crippen LogP contribution is -2.07. The van der Waals surface area contributed by atoms with E-state index in [-0.39, 0.29) is 6.07 Å². The van der Waals surface area contributed by atoms with Gasteiger partial charge in [0.05, 0.1) is 4.92 Å². The van der Waals surface area contributed by atoms with Crippen molar-refractivity contribution in [3.63, 3.8) is 0 Å². The number of aromatic nitrogens is 2. The molecule has 0 bridgehead atoms. The summed E-state index contributed by atoms with van der Waals surface area (Å²) in [6.45, 7) is 0. The topological polar surface area (TPSA) is 81.0 Å². The predicted molar refractivity (Wildman–Crippen MR) is 63.3 cm³/mol. The Morgan fingerprint density at radius 3 is 2.24 bits per heavy atom. The normalized spacial score (nSPS) is 10.5. The van der Waals surface area contributed by atoms with E-state index in [1.54, 1.807) is 5.32 Å². The van der Waals surface area contributed by atoms with Gasteiger partial charge in [-0.3, -0.25) is 10.1 Å². The van der Waals surface area contributed by atoms with E-state index in [1.165, 1.54) is 0 Å². The molecule has 0 aliphatic rings. The fourth-order valence-corrected chi connectivity index (χ4v) is 1.61. The molecule has 1 heterocycles. The minimum atomic E-state index is -1.77. The molecule has 0 atom stereocenters. The van der Waals surface area contributed by atoms with Crippen molar-refractivity contribution >= 4 is 28.8 Å². The third kappa shape index (κ3) is 2.70. The summed E-state index contributed by atoms with van der Waals surface area (Å²) < 4.78 is 53.0. The maximum absolute atomic E-state index is 13.5. The molecule has 0 spiro atoms. The Morgan fingerprint density at radius 2 is 1.71 bits per heavy atom. The van der Waals surface area contributed by atoms with Crippen molar-refractivity contribution in [2.45, 2.75) is 0 Å². The van der Waals surface area contributed by atoms with Gasteiger partial charge in [0.2, 0.25) is 11.0 Å². The minimum Gasteiger partial charge on any atom is -0.329 e. The molecule has 110 valence electrons. The van der Waals surface area contributed by atoms with E-state index in [4.69, 9.17) is 11.6 Å². The minimum absolute atomic E-state index is 0.00276. The monoisotopic (exact) mass is 322 g/mol. The van der Waals surface area contributed by atoms with Gasteiger partial charge >= 0.3 is 5.69 Å². The molecule has 21 heavy (non-hydrogen) atoms. The number of nitrogens with one attached hydrogen (secondary N) is 1. The fraction of sp³-hybridized carbons (Fsp3) is 0. The van der Waals surface area contributed by atoms with Crippen LogP contribution in [0, 0.1) is 33.4 Å². The van der Waals surface area contributed by atoms with Gasteiger partial charge < -0.3 is 5.32 Å². The standard InChI is InChI=1S/C10H3ClF4N4O2/c11-9-8(19(20)21)10(17-2-16-9)18-7-5(14)3(12)1-4(13)6(7)15/h1-2H,(H,16,17,18). The molecule has 2 aromatic rings. The highest BCUT2D eigenvalue weighted by atomic mass is 35.5. The summed E-state index contributed by atoms with van der Waals surface area (Å²) >= 11 is 5.46. The second-order valence-corrected chi connectivity index (χ2v) is 3.94. The SMILES string of the molecule is O=[N+]([O-])c1c(Cl)ncnc1Nc1c(F)c(F)cc(F)c1F. The van der Waals surface area contributed by atoms with Crippen molar-refractivity contribution < 1.29 is 22.5 Å². The third-order valence-corrected chi connectivity index (χ3v) is 2.59. The molecule has 0 aliphatic heterocycles. The van der Waals surface area contributed by atoms with E-state index in [9.17, 15) is 27.7 Å². The van der Waals surface area contributed by atoms with Gasteiger partial charge in [-0.05, 0) is 0 Å². The van der Waals surface area contributed by atoms with E-state index < -0.39 is 50.5 Å². The van der Waals surface area contributed by atoms with Gasteiger partial charge in [-0.15, -0.1) is 0 Å². The van der Waals surface area contributed by atoms with Crippen LogP contribution in [0.5, 0.6) is 0 Å². The maximum atomic E-state index is 13.5. The molecule has 0 amide bonds. The number of halogens is 5. The first-order valence-corrected chi connectivity index (χ1v) is 5.45. The third-order valence-electron chi connectivity index (χ3n) is 2.32. The summed E-state index contributed by atoms with van der Waals surface area (Å²) in [6.07, 6.45) is 0.767. The molecular formula is C10H3ClF4N4O2. The predicted octanol–water partition coefficient (Wildman–Crippen LogP) is 3.34. The number of nitrogens with zero attached hydrogens (tertiary/aromatic N) is 3. The molecule has 0 aliphatic carbocycles. The summed E-state index contributed by atoms with van der Waals surface area (Å²) in [4.78, 5) is 16.5. The molecule has 11 heteroatoms. The Morgan fingerprint density at radius 1 is 1.14 bits per heavy atom. The van der Waals surface area contributed by atoms with Crippen molar-refractivity contribution in [2.24, 2.45) is 0 Å². The van der Waals surface area contributed by atoms with Gasteiger partial charge in [-0.25, -0.2) is 27.5 Å². The summed E-state index contributed by atoms with van der Waals surface area (Å²) in [5, 5.41) is 12.0. The van der Waals surface area contributed by atoms with Crippen LogP contribution in [0.2, 0.25) is 5.15 Å². The molecule has 0 unspecified atom stereocenters. The van der Waals surface area contributed by atoms with Crippen LogP contribution < -0.4 is 5.32 Å². The average molecular weight is 323 g/mol. The molecule has 0 saturated heterocycles. The highest BCUT2D eigenvalue weighted by Gasteiger charge is 2.26. The number of hydrogen-bond acceptors (Lipinski definition) is 5. The van der Waals surface area contributed by atoms with E-state index in [2.05, 4.69) is 9.97 Å². The number of benzene rings is 1. The highest BCUT2D eigenvalue weighted by Crippen LogP contribution is 2.33. The van der Waals surface area contributed by atoms with Crippen molar-refractivity contribution in [2.75, 3.05) is 5.32 Å². The van der Waals surface area contributed by atoms with Crippen LogP contribution in [0.15, 0.2) is 12.4 Å². The van der Waals surface area contributed by atoms with E-state index in [1.807, 2.05) is 0 Å². The van der Waals surface area contributed by atoms with Crippen molar-refractivity contribution in [1.29, 1.82) is 0 Å². The van der Waals surface area contributed by atoms with E-state index >= 15 is 0 Å². The molecule has 1 aromatic heterocycles. The number of nitro groups is 1.